The minimum absolute atomic E-state index is 0.466. The largest absolute Gasteiger partial charge is 0.449 e. The second kappa shape index (κ2) is 11.8. The Bertz CT molecular complexity index is 3000. The first-order chi connectivity index (χ1) is 27.8. The van der Waals surface area contributed by atoms with Crippen molar-refractivity contribution in [1.82, 2.24) is 0 Å². The standard InChI is InChI=1S/C53H33NO2/c1-2-15-34(16-3-1)37-20-9-13-27-46(37)54(47-28-14-18-35-17-4-5-19-38(35)47)36-29-31-48-50(33-36)56-52-49(55-48)32-30-45-51(52)41-23-8-12-26-44(41)53(45)42-24-10-6-21-39(42)40-22-7-11-25-43(40)53/h1-33H. The van der Waals surface area contributed by atoms with Gasteiger partial charge in [-0.2, -0.15) is 0 Å². The molecule has 0 saturated carbocycles. The van der Waals surface area contributed by atoms with E-state index in [-0.39, 0.29) is 0 Å². The molecule has 0 amide bonds. The Morgan fingerprint density at radius 1 is 0.375 bits per heavy atom. The number of hydrogen-bond donors (Lipinski definition) is 0. The lowest BCUT2D eigenvalue weighted by molar-refractivity contribution is 0.360. The van der Waals surface area contributed by atoms with Gasteiger partial charge in [0.25, 0.3) is 0 Å². The normalized spacial score (nSPS) is 13.4. The molecule has 262 valence electrons. The van der Waals surface area contributed by atoms with E-state index in [1.807, 2.05) is 6.07 Å². The van der Waals surface area contributed by atoms with Crippen molar-refractivity contribution < 1.29 is 9.47 Å². The van der Waals surface area contributed by atoms with Crippen LogP contribution < -0.4 is 14.4 Å². The number of benzene rings is 9. The zero-order valence-corrected chi connectivity index (χ0v) is 30.3. The average Bonchev–Trinajstić information content (AvgIpc) is 3.74. The molecule has 9 aromatic rings. The molecule has 1 aliphatic heterocycles. The Hall–Kier alpha value is -7.36. The SMILES string of the molecule is c1ccc(-c2ccccc2N(c2ccc3c(c2)Oc2c(ccc4c2-c2ccccc2C42c4ccccc4-c4ccccc42)O3)c2cccc3ccccc23)cc1. The molecule has 1 spiro atoms. The van der Waals surface area contributed by atoms with Gasteiger partial charge in [-0.1, -0.05) is 164 Å². The number of nitrogens with zero attached hydrogens (tertiary/aromatic N) is 1. The Balaban J connectivity index is 1.06. The summed E-state index contributed by atoms with van der Waals surface area (Å²) in [6.07, 6.45) is 0. The molecular formula is C53H33NO2. The van der Waals surface area contributed by atoms with E-state index < -0.39 is 5.41 Å². The number of hydrogen-bond acceptors (Lipinski definition) is 3. The van der Waals surface area contributed by atoms with Crippen LogP contribution in [0.5, 0.6) is 23.0 Å². The van der Waals surface area contributed by atoms with Crippen LogP contribution in [0, 0.1) is 0 Å². The monoisotopic (exact) mass is 715 g/mol. The topological polar surface area (TPSA) is 21.7 Å². The molecule has 0 saturated heterocycles. The van der Waals surface area contributed by atoms with E-state index in [4.69, 9.17) is 9.47 Å². The lowest BCUT2D eigenvalue weighted by atomic mass is 9.70. The van der Waals surface area contributed by atoms with Crippen LogP contribution in [0.25, 0.3) is 44.2 Å². The molecule has 0 aromatic heterocycles. The van der Waals surface area contributed by atoms with Gasteiger partial charge < -0.3 is 14.4 Å². The van der Waals surface area contributed by atoms with Crippen molar-refractivity contribution in [3.05, 3.63) is 222 Å². The van der Waals surface area contributed by atoms with Crippen molar-refractivity contribution in [1.29, 1.82) is 0 Å². The van der Waals surface area contributed by atoms with Crippen LogP contribution in [0.15, 0.2) is 200 Å². The van der Waals surface area contributed by atoms with Crippen LogP contribution in [0.3, 0.4) is 0 Å². The van der Waals surface area contributed by atoms with Crippen LogP contribution >= 0.6 is 0 Å². The van der Waals surface area contributed by atoms with E-state index in [9.17, 15) is 0 Å². The molecular weight excluding hydrogens is 683 g/mol. The highest BCUT2D eigenvalue weighted by Gasteiger charge is 2.53. The predicted molar refractivity (Wildman–Crippen MR) is 227 cm³/mol. The van der Waals surface area contributed by atoms with E-state index in [2.05, 4.69) is 199 Å². The van der Waals surface area contributed by atoms with E-state index in [1.165, 1.54) is 44.3 Å². The molecule has 12 rings (SSSR count). The molecule has 1 heterocycles. The molecule has 56 heavy (non-hydrogen) atoms. The first-order valence-corrected chi connectivity index (χ1v) is 19.2. The lowest BCUT2D eigenvalue weighted by Crippen LogP contribution is -2.25. The Morgan fingerprint density at radius 3 is 1.75 bits per heavy atom. The molecule has 3 heteroatoms. The van der Waals surface area contributed by atoms with Gasteiger partial charge in [0.2, 0.25) is 0 Å². The third kappa shape index (κ3) is 4.22. The molecule has 3 aliphatic rings. The fraction of sp³-hybridized carbons (Fsp3) is 0.0189. The maximum atomic E-state index is 7.17. The van der Waals surface area contributed by atoms with Crippen LogP contribution in [-0.2, 0) is 5.41 Å². The van der Waals surface area contributed by atoms with Gasteiger partial charge in [-0.05, 0) is 80.2 Å². The minimum atomic E-state index is -0.466. The summed E-state index contributed by atoms with van der Waals surface area (Å²) < 4.78 is 13.9. The first-order valence-electron chi connectivity index (χ1n) is 19.2. The highest BCUT2D eigenvalue weighted by atomic mass is 16.6. The summed E-state index contributed by atoms with van der Waals surface area (Å²) in [5, 5.41) is 2.34. The molecule has 0 N–H and O–H groups in total. The van der Waals surface area contributed by atoms with Crippen molar-refractivity contribution in [2.45, 2.75) is 5.41 Å². The van der Waals surface area contributed by atoms with Gasteiger partial charge in [0, 0.05) is 22.6 Å². The zero-order valence-electron chi connectivity index (χ0n) is 30.3. The zero-order chi connectivity index (χ0) is 36.8. The molecule has 3 nitrogen and oxygen atoms in total. The maximum Gasteiger partial charge on any atom is 0.178 e. The van der Waals surface area contributed by atoms with Crippen molar-refractivity contribution in [3.63, 3.8) is 0 Å². The summed E-state index contributed by atoms with van der Waals surface area (Å²) in [4.78, 5) is 2.36. The van der Waals surface area contributed by atoms with Gasteiger partial charge in [0.1, 0.15) is 0 Å². The summed E-state index contributed by atoms with van der Waals surface area (Å²) in [7, 11) is 0. The van der Waals surface area contributed by atoms with Gasteiger partial charge in [-0.3, -0.25) is 0 Å². The smallest absolute Gasteiger partial charge is 0.178 e. The molecule has 0 fully saturated rings. The van der Waals surface area contributed by atoms with Gasteiger partial charge in [-0.15, -0.1) is 0 Å². The Morgan fingerprint density at radius 2 is 0.964 bits per heavy atom. The van der Waals surface area contributed by atoms with Gasteiger partial charge >= 0.3 is 0 Å². The quantitative estimate of drug-likeness (QED) is 0.181. The van der Waals surface area contributed by atoms with Crippen LogP contribution in [-0.4, -0.2) is 0 Å². The number of para-hydroxylation sites is 1. The molecule has 0 bridgehead atoms. The molecule has 0 atom stereocenters. The maximum absolute atomic E-state index is 7.17. The van der Waals surface area contributed by atoms with Crippen molar-refractivity contribution >= 4 is 27.8 Å². The summed E-state index contributed by atoms with van der Waals surface area (Å²) in [5.41, 5.74) is 14.8. The third-order valence-electron chi connectivity index (χ3n) is 11.9. The highest BCUT2D eigenvalue weighted by molar-refractivity contribution is 6.02. The number of rotatable bonds is 4. The minimum Gasteiger partial charge on any atom is -0.449 e. The number of ether oxygens (including phenoxy) is 2. The van der Waals surface area contributed by atoms with Gasteiger partial charge in [0.15, 0.2) is 23.0 Å². The molecule has 0 unspecified atom stereocenters. The lowest BCUT2D eigenvalue weighted by Gasteiger charge is -2.31. The van der Waals surface area contributed by atoms with Crippen molar-refractivity contribution in [2.75, 3.05) is 4.90 Å². The van der Waals surface area contributed by atoms with E-state index in [1.54, 1.807) is 0 Å². The molecule has 2 aliphatic carbocycles. The Labute approximate surface area is 325 Å². The predicted octanol–water partition coefficient (Wildman–Crippen LogP) is 14.2. The summed E-state index contributed by atoms with van der Waals surface area (Å²) >= 11 is 0. The van der Waals surface area contributed by atoms with Crippen LogP contribution in [0.1, 0.15) is 22.3 Å². The Kier molecular flexibility index (Phi) is 6.55. The molecule has 9 aromatic carbocycles. The fourth-order valence-electron chi connectivity index (χ4n) is 9.68. The molecule has 0 radical (unpaired) electrons. The number of fused-ring (bicyclic) bond motifs is 14. The number of anilines is 3. The highest BCUT2D eigenvalue weighted by Crippen LogP contribution is 2.66. The van der Waals surface area contributed by atoms with Gasteiger partial charge in [0.05, 0.1) is 22.5 Å². The van der Waals surface area contributed by atoms with Gasteiger partial charge in [-0.25, -0.2) is 0 Å². The summed E-state index contributed by atoms with van der Waals surface area (Å²) in [6, 6.07) is 71.6. The third-order valence-corrected chi connectivity index (χ3v) is 11.9. The summed E-state index contributed by atoms with van der Waals surface area (Å²) in [5.74, 6) is 2.83. The van der Waals surface area contributed by atoms with E-state index in [0.717, 1.165) is 50.6 Å². The first kappa shape index (κ1) is 31.0. The summed E-state index contributed by atoms with van der Waals surface area (Å²) in [6.45, 7) is 0. The van der Waals surface area contributed by atoms with E-state index in [0.29, 0.717) is 11.5 Å². The van der Waals surface area contributed by atoms with Crippen LogP contribution in [0.4, 0.5) is 17.1 Å². The fourth-order valence-corrected chi connectivity index (χ4v) is 9.68. The average molecular weight is 716 g/mol. The second-order valence-electron chi connectivity index (χ2n) is 14.8. The van der Waals surface area contributed by atoms with Crippen LogP contribution in [0.2, 0.25) is 0 Å². The van der Waals surface area contributed by atoms with Crippen molar-refractivity contribution in [3.8, 4) is 56.4 Å². The van der Waals surface area contributed by atoms with E-state index >= 15 is 0 Å². The second-order valence-corrected chi connectivity index (χ2v) is 14.8. The van der Waals surface area contributed by atoms with Crippen molar-refractivity contribution in [2.24, 2.45) is 0 Å².